The highest BCUT2D eigenvalue weighted by atomic mass is 32.2. The van der Waals surface area contributed by atoms with Crippen molar-refractivity contribution in [2.24, 2.45) is 23.2 Å². The molecule has 39 heavy (non-hydrogen) atoms. The molecule has 4 aliphatic rings. The van der Waals surface area contributed by atoms with Crippen molar-refractivity contribution in [3.8, 4) is 0 Å². The SMILES string of the molecule is O=C(OCCC(O)(C(F)(F)F)C(F)(F)F)c1cc(C(=O)OCC23CC4CC(CC(C4)C2)C3)cc(S(=O)(=O)[O-])c1. The number of halogens is 6. The zero-order valence-electron chi connectivity index (χ0n) is 20.3. The van der Waals surface area contributed by atoms with Crippen LogP contribution in [0.5, 0.6) is 0 Å². The zero-order valence-corrected chi connectivity index (χ0v) is 21.1. The number of esters is 2. The maximum Gasteiger partial charge on any atom is 0.426 e. The van der Waals surface area contributed by atoms with Gasteiger partial charge in [0.25, 0.3) is 5.60 Å². The summed E-state index contributed by atoms with van der Waals surface area (Å²) in [6.45, 7) is -1.54. The van der Waals surface area contributed by atoms with Crippen molar-refractivity contribution in [2.75, 3.05) is 13.2 Å². The lowest BCUT2D eigenvalue weighted by Gasteiger charge is -2.56. The molecule has 0 aromatic heterocycles. The summed E-state index contributed by atoms with van der Waals surface area (Å²) in [7, 11) is -5.25. The molecule has 15 heteroatoms. The van der Waals surface area contributed by atoms with Gasteiger partial charge in [0.15, 0.2) is 0 Å². The van der Waals surface area contributed by atoms with E-state index in [1.165, 1.54) is 0 Å². The predicted molar refractivity (Wildman–Crippen MR) is 117 cm³/mol. The van der Waals surface area contributed by atoms with E-state index in [0.29, 0.717) is 29.9 Å². The van der Waals surface area contributed by atoms with E-state index in [4.69, 9.17) is 9.84 Å². The second-order valence-corrected chi connectivity index (χ2v) is 12.3. The first-order valence-corrected chi connectivity index (χ1v) is 13.5. The van der Waals surface area contributed by atoms with Crippen LogP contribution in [0, 0.1) is 23.2 Å². The lowest BCUT2D eigenvalue weighted by atomic mass is 9.50. The number of hydrogen-bond acceptors (Lipinski definition) is 8. The smallest absolute Gasteiger partial charge is 0.426 e. The van der Waals surface area contributed by atoms with Crippen LogP contribution < -0.4 is 0 Å². The summed E-state index contributed by atoms with van der Waals surface area (Å²) in [4.78, 5) is 24.1. The fraction of sp³-hybridized carbons (Fsp3) is 0.667. The molecule has 4 bridgehead atoms. The summed E-state index contributed by atoms with van der Waals surface area (Å²) in [5.74, 6) is -1.07. The summed E-state index contributed by atoms with van der Waals surface area (Å²) in [5, 5.41) is 9.16. The standard InChI is InChI=1S/C24H26F6O8S/c25-23(26,27)22(33,24(28,29)30)1-2-37-19(31)16-6-17(8-18(7-16)39(34,35)36)20(32)38-12-21-9-13-3-14(10-21)5-15(4-13)11-21/h6-8,13-15,33H,1-5,9-12H2,(H,34,35,36)/p-1. The molecule has 0 saturated heterocycles. The Balaban J connectivity index is 1.48. The number of rotatable bonds is 8. The minimum atomic E-state index is -6.14. The van der Waals surface area contributed by atoms with Gasteiger partial charge < -0.3 is 19.1 Å². The van der Waals surface area contributed by atoms with Crippen molar-refractivity contribution >= 4 is 22.1 Å². The number of hydrogen-bond donors (Lipinski definition) is 1. The largest absolute Gasteiger partial charge is 0.744 e. The lowest BCUT2D eigenvalue weighted by Crippen LogP contribution is -2.57. The molecular formula is C24H25F6O8S-. The molecule has 1 aromatic carbocycles. The van der Waals surface area contributed by atoms with Gasteiger partial charge in [0, 0.05) is 11.8 Å². The summed E-state index contributed by atoms with van der Waals surface area (Å²) >= 11 is 0. The summed E-state index contributed by atoms with van der Waals surface area (Å²) in [6.07, 6.45) is -8.36. The van der Waals surface area contributed by atoms with E-state index in [1.54, 1.807) is 0 Å². The molecule has 0 atom stereocenters. The highest BCUT2D eigenvalue weighted by Gasteiger charge is 2.70. The Kier molecular flexibility index (Phi) is 7.52. The van der Waals surface area contributed by atoms with Crippen LogP contribution in [0.3, 0.4) is 0 Å². The third kappa shape index (κ3) is 6.04. The molecular weight excluding hydrogens is 562 g/mol. The van der Waals surface area contributed by atoms with Gasteiger partial charge in [-0.1, -0.05) is 0 Å². The first-order valence-electron chi connectivity index (χ1n) is 12.1. The van der Waals surface area contributed by atoms with Gasteiger partial charge in [-0.05, 0) is 74.5 Å². The average Bonchev–Trinajstić information content (AvgIpc) is 2.79. The second-order valence-electron chi connectivity index (χ2n) is 10.9. The van der Waals surface area contributed by atoms with Crippen LogP contribution in [-0.4, -0.2) is 61.2 Å². The summed E-state index contributed by atoms with van der Waals surface area (Å²) < 4.78 is 122. The molecule has 1 N–H and O–H groups in total. The zero-order chi connectivity index (χ0) is 29.0. The molecule has 0 heterocycles. The molecule has 4 saturated carbocycles. The first kappa shape index (κ1) is 29.6. The molecule has 0 radical (unpaired) electrons. The minimum absolute atomic E-state index is 0.0386. The molecule has 0 aliphatic heterocycles. The molecule has 0 unspecified atom stereocenters. The van der Waals surface area contributed by atoms with Crippen LogP contribution in [0.1, 0.15) is 65.7 Å². The fourth-order valence-electron chi connectivity index (χ4n) is 6.57. The van der Waals surface area contributed by atoms with Gasteiger partial charge in [-0.3, -0.25) is 0 Å². The van der Waals surface area contributed by atoms with E-state index in [2.05, 4.69) is 4.74 Å². The Hall–Kier alpha value is -2.39. The number of aliphatic hydroxyl groups is 1. The Bertz CT molecular complexity index is 1190. The van der Waals surface area contributed by atoms with Crippen LogP contribution in [0.15, 0.2) is 23.1 Å². The van der Waals surface area contributed by atoms with Gasteiger partial charge in [0.05, 0.1) is 29.2 Å². The molecule has 4 aliphatic carbocycles. The molecule has 1 aromatic rings. The van der Waals surface area contributed by atoms with Crippen molar-refractivity contribution in [1.29, 1.82) is 0 Å². The molecule has 4 fully saturated rings. The lowest BCUT2D eigenvalue weighted by molar-refractivity contribution is -0.371. The van der Waals surface area contributed by atoms with Crippen molar-refractivity contribution in [3.05, 3.63) is 29.3 Å². The van der Waals surface area contributed by atoms with E-state index >= 15 is 0 Å². The highest BCUT2D eigenvalue weighted by molar-refractivity contribution is 7.85. The summed E-state index contributed by atoms with van der Waals surface area (Å²) in [5.41, 5.74) is -6.73. The van der Waals surface area contributed by atoms with Crippen molar-refractivity contribution in [1.82, 2.24) is 0 Å². The van der Waals surface area contributed by atoms with Gasteiger partial charge in [-0.2, -0.15) is 26.3 Å². The quantitative estimate of drug-likeness (QED) is 0.270. The normalized spacial score (nSPS) is 26.9. The van der Waals surface area contributed by atoms with Crippen LogP contribution in [0.25, 0.3) is 0 Å². The van der Waals surface area contributed by atoms with E-state index in [1.807, 2.05) is 0 Å². The molecule has 218 valence electrons. The molecule has 8 nitrogen and oxygen atoms in total. The van der Waals surface area contributed by atoms with E-state index in [-0.39, 0.29) is 12.0 Å². The molecule has 0 amide bonds. The number of carbonyl (C=O) groups is 2. The Morgan fingerprint density at radius 2 is 1.31 bits per heavy atom. The van der Waals surface area contributed by atoms with E-state index in [0.717, 1.165) is 44.6 Å². The number of ether oxygens (including phenoxy) is 2. The number of alkyl halides is 6. The third-order valence-corrected chi connectivity index (χ3v) is 8.79. The van der Waals surface area contributed by atoms with Crippen molar-refractivity contribution in [3.63, 3.8) is 0 Å². The second kappa shape index (κ2) is 9.91. The van der Waals surface area contributed by atoms with Crippen LogP contribution in [0.2, 0.25) is 0 Å². The summed E-state index contributed by atoms with van der Waals surface area (Å²) in [6, 6.07) is 1.90. The maximum absolute atomic E-state index is 12.8. The highest BCUT2D eigenvalue weighted by Crippen LogP contribution is 2.60. The van der Waals surface area contributed by atoms with Gasteiger partial charge >= 0.3 is 24.3 Å². The first-order chi connectivity index (χ1) is 17.8. The molecule has 0 spiro atoms. The van der Waals surface area contributed by atoms with E-state index < -0.39 is 69.1 Å². The minimum Gasteiger partial charge on any atom is -0.744 e. The monoisotopic (exact) mass is 587 g/mol. The van der Waals surface area contributed by atoms with Gasteiger partial charge in [-0.25, -0.2) is 18.0 Å². The third-order valence-electron chi connectivity index (χ3n) is 7.98. The fourth-order valence-corrected chi connectivity index (χ4v) is 7.11. The topological polar surface area (TPSA) is 130 Å². The Morgan fingerprint density at radius 3 is 1.72 bits per heavy atom. The Morgan fingerprint density at radius 1 is 0.872 bits per heavy atom. The predicted octanol–water partition coefficient (Wildman–Crippen LogP) is 4.37. The van der Waals surface area contributed by atoms with Crippen LogP contribution in [-0.2, 0) is 19.6 Å². The molecule has 5 rings (SSSR count). The number of benzene rings is 1. The van der Waals surface area contributed by atoms with Gasteiger partial charge in [0.1, 0.15) is 10.1 Å². The van der Waals surface area contributed by atoms with Crippen LogP contribution >= 0.6 is 0 Å². The van der Waals surface area contributed by atoms with E-state index in [9.17, 15) is 48.9 Å². The van der Waals surface area contributed by atoms with Crippen LogP contribution in [0.4, 0.5) is 26.3 Å². The van der Waals surface area contributed by atoms with Crippen molar-refractivity contribution in [2.45, 2.75) is 67.8 Å². The van der Waals surface area contributed by atoms with Gasteiger partial charge in [0.2, 0.25) is 0 Å². The average molecular weight is 588 g/mol. The maximum atomic E-state index is 12.8. The van der Waals surface area contributed by atoms with Crippen molar-refractivity contribution < 1.29 is 63.5 Å². The number of carbonyl (C=O) groups excluding carboxylic acids is 2. The Labute approximate surface area is 219 Å². The van der Waals surface area contributed by atoms with Gasteiger partial charge in [-0.15, -0.1) is 0 Å².